The van der Waals surface area contributed by atoms with Gasteiger partial charge in [-0.05, 0) is 54.6 Å². The van der Waals surface area contributed by atoms with Crippen LogP contribution in [-0.4, -0.2) is 35.1 Å². The number of amides is 1. The van der Waals surface area contributed by atoms with E-state index in [1.54, 1.807) is 30.3 Å². The van der Waals surface area contributed by atoms with Gasteiger partial charge < -0.3 is 14.8 Å². The molecule has 1 amide bonds. The maximum Gasteiger partial charge on any atom is 0.264 e. The molecule has 0 unspecified atom stereocenters. The molecule has 32 heavy (non-hydrogen) atoms. The summed E-state index contributed by atoms with van der Waals surface area (Å²) >= 11 is 6.09. The Balaban J connectivity index is 1.96. The largest absolute Gasteiger partial charge is 0.495 e. The molecule has 3 aromatic carbocycles. The number of sulfonamides is 1. The average molecular weight is 479 g/mol. The molecule has 1 N–H and O–H groups in total. The highest BCUT2D eigenvalue weighted by molar-refractivity contribution is 7.92. The Hall–Kier alpha value is -3.30. The summed E-state index contributed by atoms with van der Waals surface area (Å²) in [6, 6.07) is 15.3. The van der Waals surface area contributed by atoms with E-state index < -0.39 is 28.3 Å². The molecule has 7 nitrogen and oxygen atoms in total. The summed E-state index contributed by atoms with van der Waals surface area (Å²) in [7, 11) is -1.38. The van der Waals surface area contributed by atoms with Gasteiger partial charge in [0.05, 0.1) is 29.8 Å². The number of anilines is 2. The van der Waals surface area contributed by atoms with Crippen LogP contribution in [0.2, 0.25) is 5.02 Å². The standard InChI is InChI=1S/C22H20ClFN2O5S/c1-30-20-12-9-16(13-18(20)23)25-22(27)14-26(19-5-3-4-6-21(19)31-2)32(28,29)17-10-7-15(24)8-11-17/h3-13H,14H2,1-2H3,(H,25,27). The number of ether oxygens (including phenoxy) is 2. The molecule has 168 valence electrons. The second kappa shape index (κ2) is 9.88. The lowest BCUT2D eigenvalue weighted by Gasteiger charge is -2.25. The van der Waals surface area contributed by atoms with Crippen molar-refractivity contribution in [2.75, 3.05) is 30.4 Å². The van der Waals surface area contributed by atoms with Crippen LogP contribution in [-0.2, 0) is 14.8 Å². The monoisotopic (exact) mass is 478 g/mol. The van der Waals surface area contributed by atoms with Gasteiger partial charge in [-0.1, -0.05) is 23.7 Å². The molecule has 10 heteroatoms. The molecule has 0 radical (unpaired) electrons. The van der Waals surface area contributed by atoms with E-state index in [2.05, 4.69) is 5.32 Å². The molecule has 0 aliphatic carbocycles. The van der Waals surface area contributed by atoms with Crippen molar-refractivity contribution < 1.29 is 27.1 Å². The summed E-state index contributed by atoms with van der Waals surface area (Å²) < 4.78 is 51.4. The highest BCUT2D eigenvalue weighted by atomic mass is 35.5. The Morgan fingerprint density at radius 2 is 1.66 bits per heavy atom. The van der Waals surface area contributed by atoms with Crippen molar-refractivity contribution in [1.82, 2.24) is 0 Å². The molecule has 0 saturated carbocycles. The zero-order valence-electron chi connectivity index (χ0n) is 17.2. The van der Waals surface area contributed by atoms with Crippen LogP contribution in [0.1, 0.15) is 0 Å². The van der Waals surface area contributed by atoms with Crippen LogP contribution in [0.3, 0.4) is 0 Å². The van der Waals surface area contributed by atoms with Gasteiger partial charge in [-0.25, -0.2) is 12.8 Å². The van der Waals surface area contributed by atoms with Crippen LogP contribution in [0, 0.1) is 5.82 Å². The number of benzene rings is 3. The smallest absolute Gasteiger partial charge is 0.264 e. The highest BCUT2D eigenvalue weighted by Crippen LogP contribution is 2.32. The Labute approximate surface area is 190 Å². The second-order valence-electron chi connectivity index (χ2n) is 6.53. The fourth-order valence-electron chi connectivity index (χ4n) is 2.94. The topological polar surface area (TPSA) is 84.9 Å². The first-order chi connectivity index (χ1) is 15.3. The maximum absolute atomic E-state index is 13.4. The van der Waals surface area contributed by atoms with Crippen molar-refractivity contribution in [2.24, 2.45) is 0 Å². The summed E-state index contributed by atoms with van der Waals surface area (Å²) in [6.07, 6.45) is 0. The SMILES string of the molecule is COc1ccc(NC(=O)CN(c2ccccc2OC)S(=O)(=O)c2ccc(F)cc2)cc1Cl. The van der Waals surface area contributed by atoms with E-state index in [4.69, 9.17) is 21.1 Å². The van der Waals surface area contributed by atoms with E-state index in [1.165, 1.54) is 26.4 Å². The molecule has 0 saturated heterocycles. The molecular formula is C22H20ClFN2O5S. The maximum atomic E-state index is 13.4. The van der Waals surface area contributed by atoms with Crippen molar-refractivity contribution in [1.29, 1.82) is 0 Å². The molecule has 0 aliphatic heterocycles. The van der Waals surface area contributed by atoms with Gasteiger partial charge in [0.2, 0.25) is 5.91 Å². The van der Waals surface area contributed by atoms with E-state index in [0.29, 0.717) is 11.4 Å². The van der Waals surface area contributed by atoms with Crippen LogP contribution in [0.15, 0.2) is 71.6 Å². The van der Waals surface area contributed by atoms with Gasteiger partial charge in [0.15, 0.2) is 0 Å². The Bertz CT molecular complexity index is 1220. The lowest BCUT2D eigenvalue weighted by atomic mass is 10.3. The van der Waals surface area contributed by atoms with Gasteiger partial charge in [-0.15, -0.1) is 0 Å². The van der Waals surface area contributed by atoms with Gasteiger partial charge in [0, 0.05) is 5.69 Å². The fraction of sp³-hybridized carbons (Fsp3) is 0.136. The van der Waals surface area contributed by atoms with Crippen LogP contribution in [0.5, 0.6) is 11.5 Å². The summed E-state index contributed by atoms with van der Waals surface area (Å²) in [4.78, 5) is 12.6. The van der Waals surface area contributed by atoms with Gasteiger partial charge in [-0.3, -0.25) is 9.10 Å². The normalized spacial score (nSPS) is 11.0. The average Bonchev–Trinajstić information content (AvgIpc) is 2.78. The minimum Gasteiger partial charge on any atom is -0.495 e. The number of nitrogens with one attached hydrogen (secondary N) is 1. The third-order valence-corrected chi connectivity index (χ3v) is 6.55. The van der Waals surface area contributed by atoms with E-state index in [1.807, 2.05) is 0 Å². The van der Waals surface area contributed by atoms with Crippen molar-refractivity contribution >= 4 is 38.9 Å². The van der Waals surface area contributed by atoms with Crippen LogP contribution in [0.4, 0.5) is 15.8 Å². The lowest BCUT2D eigenvalue weighted by Crippen LogP contribution is -2.38. The molecule has 0 heterocycles. The zero-order valence-corrected chi connectivity index (χ0v) is 18.8. The first-order valence-electron chi connectivity index (χ1n) is 9.31. The number of halogens is 2. The molecule has 0 aromatic heterocycles. The molecule has 0 spiro atoms. The minimum atomic E-state index is -4.23. The van der Waals surface area contributed by atoms with Gasteiger partial charge >= 0.3 is 0 Å². The summed E-state index contributed by atoms with van der Waals surface area (Å²) in [5, 5.41) is 2.90. The van der Waals surface area contributed by atoms with Crippen molar-refractivity contribution in [3.8, 4) is 11.5 Å². The van der Waals surface area contributed by atoms with Crippen LogP contribution in [0.25, 0.3) is 0 Å². The predicted molar refractivity (Wildman–Crippen MR) is 121 cm³/mol. The molecular weight excluding hydrogens is 459 g/mol. The molecule has 0 aliphatic rings. The van der Waals surface area contributed by atoms with Crippen LogP contribution < -0.4 is 19.1 Å². The first kappa shape index (κ1) is 23.4. The lowest BCUT2D eigenvalue weighted by molar-refractivity contribution is -0.114. The molecule has 0 bridgehead atoms. The summed E-state index contributed by atoms with van der Waals surface area (Å²) in [5.74, 6) is -0.526. The molecule has 3 aromatic rings. The minimum absolute atomic E-state index is 0.155. The fourth-order valence-corrected chi connectivity index (χ4v) is 4.63. The number of carbonyl (C=O) groups is 1. The highest BCUT2D eigenvalue weighted by Gasteiger charge is 2.29. The van der Waals surface area contributed by atoms with E-state index >= 15 is 0 Å². The van der Waals surface area contributed by atoms with Gasteiger partial charge in [0.1, 0.15) is 23.9 Å². The van der Waals surface area contributed by atoms with Crippen molar-refractivity contribution in [3.63, 3.8) is 0 Å². The molecule has 0 fully saturated rings. The number of rotatable bonds is 8. The predicted octanol–water partition coefficient (Wildman–Crippen LogP) is 4.33. The zero-order chi connectivity index (χ0) is 23.3. The van der Waals surface area contributed by atoms with Crippen LogP contribution >= 0.6 is 11.6 Å². The number of para-hydroxylation sites is 2. The molecule has 0 atom stereocenters. The summed E-state index contributed by atoms with van der Waals surface area (Å²) in [6.45, 7) is -0.566. The number of hydrogen-bond donors (Lipinski definition) is 1. The number of hydrogen-bond acceptors (Lipinski definition) is 5. The first-order valence-corrected chi connectivity index (χ1v) is 11.1. The van der Waals surface area contributed by atoms with Crippen molar-refractivity contribution in [3.05, 3.63) is 77.6 Å². The molecule has 3 rings (SSSR count). The third-order valence-electron chi connectivity index (χ3n) is 4.48. The Morgan fingerprint density at radius 3 is 2.28 bits per heavy atom. The number of carbonyl (C=O) groups excluding carboxylic acids is 1. The number of methoxy groups -OCH3 is 2. The van der Waals surface area contributed by atoms with Gasteiger partial charge in [-0.2, -0.15) is 0 Å². The third kappa shape index (κ3) is 5.12. The quantitative estimate of drug-likeness (QED) is 0.521. The number of nitrogens with zero attached hydrogens (tertiary/aromatic N) is 1. The Kier molecular flexibility index (Phi) is 7.22. The van der Waals surface area contributed by atoms with E-state index in [0.717, 1.165) is 28.6 Å². The summed E-state index contributed by atoms with van der Waals surface area (Å²) in [5.41, 5.74) is 0.516. The second-order valence-corrected chi connectivity index (χ2v) is 8.80. The van der Waals surface area contributed by atoms with Crippen molar-refractivity contribution in [2.45, 2.75) is 4.90 Å². The van der Waals surface area contributed by atoms with E-state index in [-0.39, 0.29) is 21.4 Å². The Morgan fingerprint density at radius 1 is 1.00 bits per heavy atom. The van der Waals surface area contributed by atoms with Gasteiger partial charge in [0.25, 0.3) is 10.0 Å². The van der Waals surface area contributed by atoms with E-state index in [9.17, 15) is 17.6 Å².